The lowest BCUT2D eigenvalue weighted by Crippen LogP contribution is -2.46. The molecule has 0 saturated heterocycles. The molecule has 306 valence electrons. The van der Waals surface area contributed by atoms with Gasteiger partial charge in [-0.15, -0.1) is 10.2 Å². The average Bonchev–Trinajstić information content (AvgIpc) is 3.79. The van der Waals surface area contributed by atoms with Gasteiger partial charge in [-0.25, -0.2) is 4.68 Å². The highest BCUT2D eigenvalue weighted by Crippen LogP contribution is 2.55. The second-order valence-corrected chi connectivity index (χ2v) is 14.7. The summed E-state index contributed by atoms with van der Waals surface area (Å²) >= 11 is 0. The van der Waals surface area contributed by atoms with Crippen LogP contribution in [0, 0.1) is 30.6 Å². The molecule has 9 atom stereocenters. The predicted octanol–water partition coefficient (Wildman–Crippen LogP) is 4.23. The summed E-state index contributed by atoms with van der Waals surface area (Å²) in [7, 11) is 1.42. The van der Waals surface area contributed by atoms with E-state index < -0.39 is 88.8 Å². The average molecular weight is 792 g/mol. The number of hydrogen-bond donors (Lipinski definition) is 6. The minimum atomic E-state index is -2.07. The number of amides is 1. The smallest absolute Gasteiger partial charge is 0.312 e. The molecular weight excluding hydrogens is 742 g/mol. The summed E-state index contributed by atoms with van der Waals surface area (Å²) in [5, 5.41) is 71.5. The molecule has 3 aromatic rings. The van der Waals surface area contributed by atoms with E-state index in [1.54, 1.807) is 39.8 Å². The number of phenolic OH excluding ortho intramolecular Hbond substituents is 3. The summed E-state index contributed by atoms with van der Waals surface area (Å²) in [6, 6.07) is 0. The number of aromatic hydroxyl groups is 3. The van der Waals surface area contributed by atoms with Crippen molar-refractivity contribution in [1.29, 1.82) is 0 Å². The van der Waals surface area contributed by atoms with E-state index in [4.69, 9.17) is 18.9 Å². The van der Waals surface area contributed by atoms with Crippen molar-refractivity contribution in [3.8, 4) is 23.0 Å². The Bertz CT molecular complexity index is 2160. The molecule has 0 unspecified atom stereocenters. The Morgan fingerprint density at radius 2 is 1.63 bits per heavy atom. The number of nitrogens with zero attached hydrogens (tertiary/aromatic N) is 4. The first-order valence-corrected chi connectivity index (χ1v) is 18.3. The molecular formula is C40H49N5O12. The van der Waals surface area contributed by atoms with Crippen LogP contribution >= 0.6 is 0 Å². The number of fused-ring (bicyclic) bond motifs is 14. The number of hydrogen-bond acceptors (Lipinski definition) is 15. The maximum atomic E-state index is 14.3. The molecule has 0 radical (unpaired) electrons. The Morgan fingerprint density at radius 1 is 0.965 bits per heavy atom. The van der Waals surface area contributed by atoms with Crippen molar-refractivity contribution in [1.82, 2.24) is 14.9 Å². The van der Waals surface area contributed by atoms with Gasteiger partial charge in [0.05, 0.1) is 53.0 Å². The molecule has 1 aromatic heterocycles. The number of ether oxygens (including phenoxy) is 4. The molecule has 1 amide bonds. The lowest BCUT2D eigenvalue weighted by Gasteiger charge is -2.38. The maximum absolute atomic E-state index is 14.3. The number of ketones is 1. The van der Waals surface area contributed by atoms with E-state index in [2.05, 4.69) is 20.6 Å². The van der Waals surface area contributed by atoms with Gasteiger partial charge in [-0.05, 0) is 19.9 Å². The minimum absolute atomic E-state index is 0.0254. The van der Waals surface area contributed by atoms with Crippen LogP contribution in [0.15, 0.2) is 53.9 Å². The summed E-state index contributed by atoms with van der Waals surface area (Å²) in [4.78, 5) is 40.2. The van der Waals surface area contributed by atoms with Gasteiger partial charge in [0.2, 0.25) is 0 Å². The lowest BCUT2D eigenvalue weighted by molar-refractivity contribution is -0.160. The number of phenols is 3. The number of allylic oxidation sites excluding steroid dienone is 2. The summed E-state index contributed by atoms with van der Waals surface area (Å²) in [6.07, 6.45) is 7.00. The summed E-state index contributed by atoms with van der Waals surface area (Å²) in [6.45, 7) is 12.4. The minimum Gasteiger partial charge on any atom is -0.507 e. The molecule has 0 aliphatic carbocycles. The van der Waals surface area contributed by atoms with Gasteiger partial charge in [0.1, 0.15) is 36.0 Å². The molecule has 3 aliphatic heterocycles. The molecule has 0 fully saturated rings. The quantitative estimate of drug-likeness (QED) is 0.0938. The van der Waals surface area contributed by atoms with Crippen LogP contribution in [0.25, 0.3) is 10.8 Å². The molecule has 17 nitrogen and oxygen atoms in total. The zero-order valence-corrected chi connectivity index (χ0v) is 33.1. The summed E-state index contributed by atoms with van der Waals surface area (Å²) in [5.41, 5.74) is -0.655. The van der Waals surface area contributed by atoms with Gasteiger partial charge >= 0.3 is 11.8 Å². The first-order valence-electron chi connectivity index (χ1n) is 18.3. The van der Waals surface area contributed by atoms with E-state index >= 15 is 0 Å². The number of rotatable bonds is 4. The molecule has 6 N–H and O–H groups in total. The van der Waals surface area contributed by atoms with Crippen molar-refractivity contribution >= 4 is 40.3 Å². The Labute approximate surface area is 328 Å². The highest BCUT2D eigenvalue weighted by Gasteiger charge is 2.50. The zero-order chi connectivity index (χ0) is 42.1. The van der Waals surface area contributed by atoms with Gasteiger partial charge in [0, 0.05) is 61.2 Å². The van der Waals surface area contributed by atoms with E-state index in [0.717, 1.165) is 6.21 Å². The van der Waals surface area contributed by atoms with Crippen molar-refractivity contribution in [2.24, 2.45) is 28.8 Å². The number of aliphatic hydroxyl groups is 2. The van der Waals surface area contributed by atoms with Gasteiger partial charge < -0.3 is 49.8 Å². The molecule has 2 aromatic carbocycles. The third-order valence-electron chi connectivity index (χ3n) is 10.8. The fourth-order valence-electron chi connectivity index (χ4n) is 7.25. The summed E-state index contributed by atoms with van der Waals surface area (Å²) < 4.78 is 24.6. The van der Waals surface area contributed by atoms with Crippen molar-refractivity contribution in [3.63, 3.8) is 0 Å². The largest absolute Gasteiger partial charge is 0.507 e. The van der Waals surface area contributed by atoms with Gasteiger partial charge in [-0.1, -0.05) is 45.9 Å². The van der Waals surface area contributed by atoms with Crippen LogP contribution in [0.1, 0.15) is 70.0 Å². The second-order valence-electron chi connectivity index (χ2n) is 14.7. The van der Waals surface area contributed by atoms with Gasteiger partial charge in [-0.3, -0.25) is 14.4 Å². The molecule has 17 heteroatoms. The highest BCUT2D eigenvalue weighted by atomic mass is 16.7. The number of carbonyl (C=O) groups is 3. The second kappa shape index (κ2) is 16.8. The van der Waals surface area contributed by atoms with E-state index in [9.17, 15) is 39.9 Å². The Kier molecular flexibility index (Phi) is 12.5. The third-order valence-corrected chi connectivity index (χ3v) is 10.8. The van der Waals surface area contributed by atoms with Gasteiger partial charge in [-0.2, -0.15) is 5.10 Å². The first-order chi connectivity index (χ1) is 26.8. The van der Waals surface area contributed by atoms with Crippen molar-refractivity contribution in [2.75, 3.05) is 12.4 Å². The molecule has 6 rings (SSSR count). The predicted molar refractivity (Wildman–Crippen MR) is 207 cm³/mol. The third kappa shape index (κ3) is 8.08. The van der Waals surface area contributed by atoms with Crippen LogP contribution in [0.4, 0.5) is 5.69 Å². The topological polar surface area (TPSA) is 244 Å². The van der Waals surface area contributed by atoms with E-state index in [0.29, 0.717) is 0 Å². The number of anilines is 1. The molecule has 0 spiro atoms. The van der Waals surface area contributed by atoms with Crippen LogP contribution in [-0.4, -0.2) is 102 Å². The normalized spacial score (nSPS) is 30.8. The number of carbonyl (C=O) groups excluding carboxylic acids is 3. The number of benzene rings is 2. The monoisotopic (exact) mass is 791 g/mol. The Morgan fingerprint density at radius 3 is 2.26 bits per heavy atom. The van der Waals surface area contributed by atoms with Gasteiger partial charge in [0.25, 0.3) is 11.7 Å². The summed E-state index contributed by atoms with van der Waals surface area (Å²) in [5.74, 6) is -8.72. The number of aliphatic hydroxyl groups excluding tert-OH is 2. The Hall–Kier alpha value is -5.78. The van der Waals surface area contributed by atoms with Crippen LogP contribution in [0.3, 0.4) is 0 Å². The van der Waals surface area contributed by atoms with Gasteiger partial charge in [0.15, 0.2) is 5.75 Å². The molecule has 0 saturated carbocycles. The number of methoxy groups -OCH3 is 1. The fraction of sp³-hybridized carbons (Fsp3) is 0.450. The lowest BCUT2D eigenvalue weighted by atomic mass is 9.78. The van der Waals surface area contributed by atoms with Crippen LogP contribution in [0.5, 0.6) is 23.0 Å². The SMILES string of the molecule is CO[C@H]1/C=C/O[C@@]2(C)Oc3c(C)c(O)c4c(O)c(c(/C=N/n5cnnc5)c(O)c4c3C2=O)NC(=O)/C(C)=C/C=C/[C@H](C)[C@H](O)[C@@H](C)[C@@H](O)[C@@H](C)[C@H](OC(C)=O)[C@@H]1C. The fourth-order valence-corrected chi connectivity index (χ4v) is 7.25. The van der Waals surface area contributed by atoms with Crippen LogP contribution in [-0.2, 0) is 23.8 Å². The van der Waals surface area contributed by atoms with E-state index in [1.165, 1.54) is 70.5 Å². The standard InChI is InChI=1S/C40H49N5O12/c1-18-11-10-12-19(2)39(53)44-30-25(15-43-45-16-41-42-17-45)34(50)27-28(35(30)51)33(49)23(6)37-29(27)38(52)40(8,57-37)55-14-13-26(54-9)20(3)36(56-24(7)46)22(5)32(48)21(4)31(18)47/h10-18,20-22,26,31-32,36,47-51H,1-9H3,(H,44,53)/b11-10+,14-13+,19-12+,43-15+/t18-,20+,21+,22+,26-,31-,32+,36+,40-/m0/s1. The highest BCUT2D eigenvalue weighted by molar-refractivity contribution is 6.23. The maximum Gasteiger partial charge on any atom is 0.312 e. The Balaban J connectivity index is 1.72. The van der Waals surface area contributed by atoms with E-state index in [1.807, 2.05) is 0 Å². The number of nitrogens with one attached hydrogen (secondary N) is 1. The van der Waals surface area contributed by atoms with Crippen molar-refractivity contribution < 1.29 is 58.9 Å². The van der Waals surface area contributed by atoms with E-state index in [-0.39, 0.29) is 44.5 Å². The molecule has 4 heterocycles. The molecule has 57 heavy (non-hydrogen) atoms. The van der Waals surface area contributed by atoms with Crippen molar-refractivity contribution in [2.45, 2.75) is 85.6 Å². The first kappa shape index (κ1) is 42.4. The van der Waals surface area contributed by atoms with Crippen LogP contribution < -0.4 is 10.1 Å². The molecule has 5 bridgehead atoms. The van der Waals surface area contributed by atoms with Crippen LogP contribution in [0.2, 0.25) is 0 Å². The molecule has 3 aliphatic rings. The zero-order valence-electron chi connectivity index (χ0n) is 33.1. The number of esters is 1. The van der Waals surface area contributed by atoms with Crippen molar-refractivity contribution in [3.05, 3.63) is 65.5 Å². The number of aromatic nitrogens is 3. The number of Topliss-reactive ketones (excluding diaryl/α,β-unsaturated/α-hetero) is 1.